The number of rotatable bonds is 4. The molecule has 23 heavy (non-hydrogen) atoms. The van der Waals surface area contributed by atoms with Gasteiger partial charge in [0.15, 0.2) is 0 Å². The highest BCUT2D eigenvalue weighted by atomic mass is 35.5. The summed E-state index contributed by atoms with van der Waals surface area (Å²) < 4.78 is 0.681. The first-order valence-corrected chi connectivity index (χ1v) is 8.71. The van der Waals surface area contributed by atoms with E-state index in [4.69, 9.17) is 23.2 Å². The van der Waals surface area contributed by atoms with Gasteiger partial charge in [-0.1, -0.05) is 23.2 Å². The molecule has 2 heterocycles. The number of amides is 2. The number of carbonyl (C=O) groups excluding carboxylic acids is 2. The monoisotopic (exact) mass is 368 g/mol. The van der Waals surface area contributed by atoms with E-state index in [0.29, 0.717) is 28.9 Å². The molecule has 1 aliphatic rings. The first kappa shape index (κ1) is 16.3. The Kier molecular flexibility index (Phi) is 4.90. The summed E-state index contributed by atoms with van der Waals surface area (Å²) in [7, 11) is 0. The maximum Gasteiger partial charge on any atom is 0.239 e. The minimum absolute atomic E-state index is 0.172. The average molecular weight is 369 g/mol. The molecule has 1 saturated heterocycles. The molecular weight excluding hydrogens is 355 g/mol. The standard InChI is InChI=1S/C16H14Cl2N2O2S/c17-10-1-3-11(4-2-10)20-8-7-13(16(20)22)15(21)19-9-12-5-6-14(18)23-12/h1-6,13H,7-9H2,(H,19,21). The molecule has 1 aromatic carbocycles. The molecule has 7 heteroatoms. The number of thiophene rings is 1. The van der Waals surface area contributed by atoms with Gasteiger partial charge in [0.1, 0.15) is 5.92 Å². The van der Waals surface area contributed by atoms with Crippen LogP contribution in [0.2, 0.25) is 9.36 Å². The van der Waals surface area contributed by atoms with Crippen LogP contribution in [0.4, 0.5) is 5.69 Å². The minimum atomic E-state index is -0.638. The average Bonchev–Trinajstić information content (AvgIpc) is 3.12. The Morgan fingerprint density at radius 1 is 1.22 bits per heavy atom. The highest BCUT2D eigenvalue weighted by Crippen LogP contribution is 2.27. The Morgan fingerprint density at radius 2 is 1.96 bits per heavy atom. The molecular formula is C16H14Cl2N2O2S. The van der Waals surface area contributed by atoms with Crippen LogP contribution in [0.5, 0.6) is 0 Å². The van der Waals surface area contributed by atoms with Gasteiger partial charge in [-0.15, -0.1) is 11.3 Å². The van der Waals surface area contributed by atoms with Crippen LogP contribution in [0.25, 0.3) is 0 Å². The first-order chi connectivity index (χ1) is 11.0. The predicted octanol–water partition coefficient (Wildman–Crippen LogP) is 3.72. The summed E-state index contributed by atoms with van der Waals surface area (Å²) in [6.07, 6.45) is 0.512. The Bertz CT molecular complexity index is 730. The van der Waals surface area contributed by atoms with Gasteiger partial charge in [0.05, 0.1) is 10.9 Å². The van der Waals surface area contributed by atoms with E-state index in [2.05, 4.69) is 5.32 Å². The Hall–Kier alpha value is -1.56. The molecule has 2 aromatic rings. The highest BCUT2D eigenvalue weighted by Gasteiger charge is 2.37. The topological polar surface area (TPSA) is 49.4 Å². The summed E-state index contributed by atoms with van der Waals surface area (Å²) in [5, 5.41) is 3.43. The molecule has 0 spiro atoms. The SMILES string of the molecule is O=C(NCc1ccc(Cl)s1)C1CCN(c2ccc(Cl)cc2)C1=O. The fourth-order valence-corrected chi connectivity index (χ4v) is 3.70. The summed E-state index contributed by atoms with van der Waals surface area (Å²) >= 11 is 13.1. The lowest BCUT2D eigenvalue weighted by Gasteiger charge is -2.16. The van der Waals surface area contributed by atoms with Crippen molar-refractivity contribution in [1.29, 1.82) is 0 Å². The number of hydrogen-bond donors (Lipinski definition) is 1. The number of benzene rings is 1. The summed E-state index contributed by atoms with van der Waals surface area (Å²) in [6.45, 7) is 0.921. The van der Waals surface area contributed by atoms with Crippen LogP contribution in [0.3, 0.4) is 0 Å². The van der Waals surface area contributed by atoms with Gasteiger partial charge in [0.25, 0.3) is 0 Å². The third-order valence-corrected chi connectivity index (χ3v) is 5.21. The van der Waals surface area contributed by atoms with Crippen molar-refractivity contribution in [2.75, 3.05) is 11.4 Å². The van der Waals surface area contributed by atoms with Crippen molar-refractivity contribution in [3.05, 3.63) is 50.6 Å². The lowest BCUT2D eigenvalue weighted by atomic mass is 10.1. The molecule has 0 radical (unpaired) electrons. The van der Waals surface area contributed by atoms with E-state index in [9.17, 15) is 9.59 Å². The normalized spacial score (nSPS) is 17.6. The molecule has 1 aliphatic heterocycles. The van der Waals surface area contributed by atoms with Crippen molar-refractivity contribution in [3.63, 3.8) is 0 Å². The highest BCUT2D eigenvalue weighted by molar-refractivity contribution is 7.16. The fraction of sp³-hybridized carbons (Fsp3) is 0.250. The maximum absolute atomic E-state index is 12.5. The number of halogens is 2. The molecule has 0 bridgehead atoms. The second kappa shape index (κ2) is 6.91. The van der Waals surface area contributed by atoms with Crippen LogP contribution < -0.4 is 10.2 Å². The van der Waals surface area contributed by atoms with E-state index < -0.39 is 5.92 Å². The fourth-order valence-electron chi connectivity index (χ4n) is 2.54. The summed E-state index contributed by atoms with van der Waals surface area (Å²) in [4.78, 5) is 27.3. The van der Waals surface area contributed by atoms with Crippen LogP contribution in [-0.2, 0) is 16.1 Å². The van der Waals surface area contributed by atoms with E-state index >= 15 is 0 Å². The number of nitrogens with one attached hydrogen (secondary N) is 1. The van der Waals surface area contributed by atoms with E-state index in [1.807, 2.05) is 6.07 Å². The third-order valence-electron chi connectivity index (χ3n) is 3.73. The van der Waals surface area contributed by atoms with Gasteiger partial charge in [-0.2, -0.15) is 0 Å². The van der Waals surface area contributed by atoms with Crippen molar-refractivity contribution in [1.82, 2.24) is 5.32 Å². The number of nitrogens with zero attached hydrogens (tertiary/aromatic N) is 1. The van der Waals surface area contributed by atoms with Crippen molar-refractivity contribution < 1.29 is 9.59 Å². The second-order valence-electron chi connectivity index (χ2n) is 5.23. The smallest absolute Gasteiger partial charge is 0.239 e. The Labute approximate surface area is 148 Å². The first-order valence-electron chi connectivity index (χ1n) is 7.13. The molecule has 0 aliphatic carbocycles. The van der Waals surface area contributed by atoms with Gasteiger partial charge in [-0.3, -0.25) is 9.59 Å². The molecule has 4 nitrogen and oxygen atoms in total. The van der Waals surface area contributed by atoms with Crippen LogP contribution in [0.15, 0.2) is 36.4 Å². The zero-order valence-electron chi connectivity index (χ0n) is 12.1. The quantitative estimate of drug-likeness (QED) is 0.835. The van der Waals surface area contributed by atoms with E-state index in [0.717, 1.165) is 10.6 Å². The molecule has 1 atom stereocenters. The minimum Gasteiger partial charge on any atom is -0.351 e. The van der Waals surface area contributed by atoms with Crippen molar-refractivity contribution in [2.45, 2.75) is 13.0 Å². The zero-order valence-corrected chi connectivity index (χ0v) is 14.4. The van der Waals surface area contributed by atoms with Crippen LogP contribution >= 0.6 is 34.5 Å². The van der Waals surface area contributed by atoms with E-state index in [-0.39, 0.29) is 11.8 Å². The number of anilines is 1. The summed E-state index contributed by atoms with van der Waals surface area (Å²) in [6, 6.07) is 10.7. The van der Waals surface area contributed by atoms with Gasteiger partial charge in [-0.25, -0.2) is 0 Å². The summed E-state index contributed by atoms with van der Waals surface area (Å²) in [5.41, 5.74) is 0.764. The Balaban J connectivity index is 1.61. The van der Waals surface area contributed by atoms with Gasteiger partial charge >= 0.3 is 0 Å². The van der Waals surface area contributed by atoms with Crippen molar-refractivity contribution in [2.24, 2.45) is 5.92 Å². The van der Waals surface area contributed by atoms with Gasteiger partial charge < -0.3 is 10.2 Å². The Morgan fingerprint density at radius 3 is 2.61 bits per heavy atom. The molecule has 0 saturated carbocycles. The van der Waals surface area contributed by atoms with Crippen LogP contribution in [-0.4, -0.2) is 18.4 Å². The van der Waals surface area contributed by atoms with Gasteiger partial charge in [0.2, 0.25) is 11.8 Å². The number of carbonyl (C=O) groups is 2. The van der Waals surface area contributed by atoms with Gasteiger partial charge in [0, 0.05) is 22.1 Å². The van der Waals surface area contributed by atoms with E-state index in [1.54, 1.807) is 35.2 Å². The zero-order chi connectivity index (χ0) is 16.4. The third kappa shape index (κ3) is 3.68. The van der Waals surface area contributed by atoms with Crippen LogP contribution in [0, 0.1) is 5.92 Å². The molecule has 1 unspecified atom stereocenters. The molecule has 1 aromatic heterocycles. The van der Waals surface area contributed by atoms with Gasteiger partial charge in [-0.05, 0) is 42.8 Å². The lowest BCUT2D eigenvalue weighted by molar-refractivity contribution is -0.132. The summed E-state index contributed by atoms with van der Waals surface area (Å²) in [5.74, 6) is -1.05. The largest absolute Gasteiger partial charge is 0.351 e. The second-order valence-corrected chi connectivity index (χ2v) is 7.47. The number of hydrogen-bond acceptors (Lipinski definition) is 3. The van der Waals surface area contributed by atoms with Crippen LogP contribution in [0.1, 0.15) is 11.3 Å². The molecule has 2 amide bonds. The maximum atomic E-state index is 12.5. The molecule has 1 fully saturated rings. The molecule has 1 N–H and O–H groups in total. The van der Waals surface area contributed by atoms with E-state index in [1.165, 1.54) is 11.3 Å². The molecule has 120 valence electrons. The predicted molar refractivity (Wildman–Crippen MR) is 93.1 cm³/mol. The van der Waals surface area contributed by atoms with Crippen molar-refractivity contribution >= 4 is 52.0 Å². The lowest BCUT2D eigenvalue weighted by Crippen LogP contribution is -2.36. The molecule has 3 rings (SSSR count). The van der Waals surface area contributed by atoms with Crippen molar-refractivity contribution in [3.8, 4) is 0 Å².